The number of benzene rings is 2. The van der Waals surface area contributed by atoms with Crippen molar-refractivity contribution >= 4 is 23.4 Å². The van der Waals surface area contributed by atoms with E-state index in [0.717, 1.165) is 69.9 Å². The first-order chi connectivity index (χ1) is 28.3. The van der Waals surface area contributed by atoms with E-state index >= 15 is 0 Å². The molecule has 1 saturated carbocycles. The number of hydrogen-bond acceptors (Lipinski definition) is 12. The van der Waals surface area contributed by atoms with Gasteiger partial charge >= 0.3 is 12.1 Å². The maximum atomic E-state index is 13.1. The highest BCUT2D eigenvalue weighted by Crippen LogP contribution is 2.41. The van der Waals surface area contributed by atoms with E-state index in [2.05, 4.69) is 100 Å². The molecular formula is C42H69N13O3. The molecule has 0 bridgehead atoms. The zero-order valence-electron chi connectivity index (χ0n) is 34.4. The van der Waals surface area contributed by atoms with Crippen LogP contribution in [-0.2, 0) is 19.5 Å². The van der Waals surface area contributed by atoms with Crippen molar-refractivity contribution in [1.82, 2.24) is 58.6 Å². The Hall–Kier alpha value is -3.42. The molecule has 5 aliphatic rings. The predicted molar refractivity (Wildman–Crippen MR) is 228 cm³/mol. The second-order valence-electron chi connectivity index (χ2n) is 17.2. The van der Waals surface area contributed by atoms with Crippen LogP contribution in [0.25, 0.3) is 0 Å². The zero-order valence-corrected chi connectivity index (χ0v) is 34.4. The van der Waals surface area contributed by atoms with Crippen molar-refractivity contribution < 1.29 is 14.8 Å². The van der Waals surface area contributed by atoms with Crippen LogP contribution >= 0.6 is 0 Å². The van der Waals surface area contributed by atoms with Gasteiger partial charge in [0.25, 0.3) is 0 Å². The zero-order chi connectivity index (χ0) is 40.3. The Balaban J connectivity index is 0.885. The quantitative estimate of drug-likeness (QED) is 0.104. The van der Waals surface area contributed by atoms with Crippen LogP contribution in [0.5, 0.6) is 0 Å². The van der Waals surface area contributed by atoms with E-state index in [-0.39, 0.29) is 48.8 Å². The van der Waals surface area contributed by atoms with Gasteiger partial charge in [0.1, 0.15) is 12.6 Å². The summed E-state index contributed by atoms with van der Waals surface area (Å²) in [6.07, 6.45) is 11.4. The standard InChI is InChI=1S/C42H69N13O3/c1-26-19-36(51-39(47-26)53-41(56)49-32-13-11-30-23-44-18-15-29(30)21-32)45-17-8-16-43-25-35-38(28-9-6-4-3-5-7-10-28)34-22-33(14-12-31(34)24-46-35)50-42(57)54-40-48-27(2)20-37(52-40)55-58/h11-14,21-22,26-28,35-40,43-48,51-52,55,58H,3-10,15-20,23-25H2,1-2H3,(H2,49,53,56)(H2,50,54,57). The number of fused-ring (bicyclic) bond motifs is 2. The number of hydroxylamine groups is 1. The Bertz CT molecular complexity index is 1640. The third kappa shape index (κ3) is 12.1. The molecule has 3 fully saturated rings. The van der Waals surface area contributed by atoms with Crippen LogP contribution in [-0.4, -0.2) is 86.5 Å². The lowest BCUT2D eigenvalue weighted by Crippen LogP contribution is -2.67. The van der Waals surface area contributed by atoms with E-state index in [4.69, 9.17) is 0 Å². The minimum atomic E-state index is -0.473. The summed E-state index contributed by atoms with van der Waals surface area (Å²) in [6.45, 7) is 9.44. The second-order valence-corrected chi connectivity index (χ2v) is 17.2. The van der Waals surface area contributed by atoms with E-state index in [1.54, 1.807) is 0 Å². The highest BCUT2D eigenvalue weighted by Gasteiger charge is 2.35. The minimum absolute atomic E-state index is 0.0797. The van der Waals surface area contributed by atoms with Gasteiger partial charge in [-0.3, -0.25) is 21.3 Å². The van der Waals surface area contributed by atoms with Gasteiger partial charge in [0.05, 0.1) is 12.3 Å². The molecule has 14 N–H and O–H groups in total. The number of rotatable bonds is 13. The van der Waals surface area contributed by atoms with Crippen molar-refractivity contribution in [2.45, 2.75) is 147 Å². The Morgan fingerprint density at radius 3 is 2.12 bits per heavy atom. The summed E-state index contributed by atoms with van der Waals surface area (Å²) in [4.78, 5) is 26.1. The summed E-state index contributed by atoms with van der Waals surface area (Å²) in [7, 11) is 0. The number of amides is 4. The molecule has 2 aromatic rings. The van der Waals surface area contributed by atoms with Crippen LogP contribution in [0.2, 0.25) is 0 Å². The lowest BCUT2D eigenvalue weighted by molar-refractivity contribution is 0.0670. The monoisotopic (exact) mass is 804 g/mol. The number of carbonyl (C=O) groups excluding carboxylic acids is 2. The van der Waals surface area contributed by atoms with Crippen LogP contribution in [0, 0.1) is 5.92 Å². The number of carbonyl (C=O) groups is 2. The van der Waals surface area contributed by atoms with E-state index in [1.807, 2.05) is 19.1 Å². The summed E-state index contributed by atoms with van der Waals surface area (Å²) < 4.78 is 0. The van der Waals surface area contributed by atoms with Gasteiger partial charge < -0.3 is 47.7 Å². The molecule has 8 atom stereocenters. The average molecular weight is 804 g/mol. The molecule has 0 aromatic heterocycles. The molecule has 2 aromatic carbocycles. The van der Waals surface area contributed by atoms with Crippen molar-refractivity contribution in [3.05, 3.63) is 58.7 Å². The fourth-order valence-electron chi connectivity index (χ4n) is 9.70. The Morgan fingerprint density at radius 1 is 0.741 bits per heavy atom. The lowest BCUT2D eigenvalue weighted by atomic mass is 9.71. The Morgan fingerprint density at radius 2 is 1.40 bits per heavy atom. The summed E-state index contributed by atoms with van der Waals surface area (Å²) in [6, 6.07) is 12.6. The molecule has 7 rings (SSSR count). The van der Waals surface area contributed by atoms with E-state index in [1.165, 1.54) is 67.2 Å². The molecular weight excluding hydrogens is 735 g/mol. The van der Waals surface area contributed by atoms with E-state index in [9.17, 15) is 14.8 Å². The fraction of sp³-hybridized carbons (Fsp3) is 0.667. The molecule has 2 saturated heterocycles. The highest BCUT2D eigenvalue weighted by molar-refractivity contribution is 5.90. The van der Waals surface area contributed by atoms with Gasteiger partial charge in [-0.15, -0.1) is 0 Å². The number of nitrogens with one attached hydrogen (secondary N) is 13. The molecule has 16 nitrogen and oxygen atoms in total. The second kappa shape index (κ2) is 21.2. The van der Waals surface area contributed by atoms with Gasteiger partial charge in [0, 0.05) is 55.1 Å². The van der Waals surface area contributed by atoms with E-state index in [0.29, 0.717) is 18.3 Å². The van der Waals surface area contributed by atoms with Crippen LogP contribution in [0.1, 0.15) is 106 Å². The largest absolute Gasteiger partial charge is 0.321 e. The van der Waals surface area contributed by atoms with Crippen molar-refractivity contribution in [3.8, 4) is 0 Å². The van der Waals surface area contributed by atoms with Crippen LogP contribution in [0.3, 0.4) is 0 Å². The molecule has 1 aliphatic carbocycles. The summed E-state index contributed by atoms with van der Waals surface area (Å²) in [5.41, 5.74) is 9.12. The third-order valence-electron chi connectivity index (χ3n) is 12.6. The van der Waals surface area contributed by atoms with Gasteiger partial charge in [-0.1, -0.05) is 44.2 Å². The predicted octanol–water partition coefficient (Wildman–Crippen LogP) is 2.90. The van der Waals surface area contributed by atoms with Crippen LogP contribution in [0.4, 0.5) is 21.0 Å². The number of hydrogen-bond donors (Lipinski definition) is 14. The van der Waals surface area contributed by atoms with Gasteiger partial charge in [0.15, 0.2) is 0 Å². The lowest BCUT2D eigenvalue weighted by Gasteiger charge is -2.41. The summed E-state index contributed by atoms with van der Waals surface area (Å²) >= 11 is 0. The molecule has 4 heterocycles. The first-order valence-corrected chi connectivity index (χ1v) is 22.0. The maximum Gasteiger partial charge on any atom is 0.321 e. The molecule has 4 aliphatic heterocycles. The van der Waals surface area contributed by atoms with Crippen LogP contribution in [0.15, 0.2) is 36.4 Å². The molecule has 4 amide bonds. The summed E-state index contributed by atoms with van der Waals surface area (Å²) in [5, 5.41) is 49.7. The molecule has 0 spiro atoms. The normalized spacial score (nSPS) is 29.2. The van der Waals surface area contributed by atoms with Crippen LogP contribution < -0.4 is 69.3 Å². The van der Waals surface area contributed by atoms with Crippen molar-refractivity contribution in [1.29, 1.82) is 0 Å². The molecule has 0 radical (unpaired) electrons. The average Bonchev–Trinajstić information content (AvgIpc) is 3.18. The first kappa shape index (κ1) is 42.7. The van der Waals surface area contributed by atoms with Gasteiger partial charge in [0.2, 0.25) is 0 Å². The molecule has 58 heavy (non-hydrogen) atoms. The smallest absolute Gasteiger partial charge is 0.315 e. The third-order valence-corrected chi connectivity index (χ3v) is 12.6. The fourth-order valence-corrected chi connectivity index (χ4v) is 9.70. The van der Waals surface area contributed by atoms with Gasteiger partial charge in [-0.25, -0.2) is 9.59 Å². The SMILES string of the molecule is CC1CC(NO)NC(NC(=O)Nc2ccc3c(c2)C(C2CCCCCCC2)C(CNCCCNC2CC(C)NC(NC(=O)Nc4ccc5c(c4)CCNC5)N2)NC3)N1. The van der Waals surface area contributed by atoms with Crippen molar-refractivity contribution in [2.75, 3.05) is 36.8 Å². The number of urea groups is 2. The van der Waals surface area contributed by atoms with Crippen molar-refractivity contribution in [3.63, 3.8) is 0 Å². The Labute approximate surface area is 344 Å². The maximum absolute atomic E-state index is 13.1. The first-order valence-electron chi connectivity index (χ1n) is 22.0. The number of anilines is 2. The molecule has 8 unspecified atom stereocenters. The van der Waals surface area contributed by atoms with E-state index < -0.39 is 6.29 Å². The minimum Gasteiger partial charge on any atom is -0.315 e. The topological polar surface area (TPSA) is 211 Å². The molecule has 320 valence electrons. The summed E-state index contributed by atoms with van der Waals surface area (Å²) in [5.74, 6) is 0.930. The van der Waals surface area contributed by atoms with Gasteiger partial charge in [-0.05, 0) is 124 Å². The highest BCUT2D eigenvalue weighted by atomic mass is 16.5. The Kier molecular flexibility index (Phi) is 15.6. The van der Waals surface area contributed by atoms with Crippen molar-refractivity contribution in [2.24, 2.45) is 5.92 Å². The van der Waals surface area contributed by atoms with Gasteiger partial charge in [-0.2, -0.15) is 5.48 Å². The molecule has 16 heteroatoms.